The molecule has 0 aromatic heterocycles. The van der Waals surface area contributed by atoms with Crippen molar-refractivity contribution >= 4 is 125 Å². The summed E-state index contributed by atoms with van der Waals surface area (Å²) in [4.78, 5) is 26.9. The number of aliphatic carboxylic acids is 2. The van der Waals surface area contributed by atoms with Crippen LogP contribution in [0.15, 0.2) is 11.8 Å². The van der Waals surface area contributed by atoms with Crippen molar-refractivity contribution in [3.05, 3.63) is 11.8 Å². The maximum atomic E-state index is 13.2. The second-order valence-electron chi connectivity index (χ2n) is 33.1. The number of hydrogen-bond acceptors (Lipinski definition) is 47. The lowest BCUT2D eigenvalue weighted by Gasteiger charge is -2.49. The van der Waals surface area contributed by atoms with Crippen LogP contribution in [0.4, 0.5) is 0 Å². The van der Waals surface area contributed by atoms with E-state index in [1.165, 1.54) is 14.2 Å². The number of rotatable bonds is 37. The molecule has 0 aromatic carbocycles. The van der Waals surface area contributed by atoms with Crippen LogP contribution in [0, 0.1) is 11.8 Å². The highest BCUT2D eigenvalue weighted by atomic mass is 32.3. The molecular formula is C66H113N11O51S9. The fourth-order valence-electron chi connectivity index (χ4n) is 17.0. The summed E-state index contributed by atoms with van der Waals surface area (Å²) in [5.41, 5.74) is 0. The molecule has 16 heterocycles. The molecule has 0 radical (unpaired) electrons. The highest BCUT2D eigenvalue weighted by Gasteiger charge is 2.60. The predicted octanol–water partition coefficient (Wildman–Crippen LogP) is -17.1. The van der Waals surface area contributed by atoms with Crippen LogP contribution in [0.1, 0.15) is 38.5 Å². The molecule has 71 heteroatoms. The van der Waals surface area contributed by atoms with E-state index in [9.17, 15) is 169 Å². The minimum absolute atomic E-state index is 0.00453. The normalized spacial score (nSPS) is 39.6. The van der Waals surface area contributed by atoms with Crippen molar-refractivity contribution in [1.82, 2.24) is 55.7 Å². The number of hydrogen-bond donors (Lipinski definition) is 32. The number of nitrogens with zero attached hydrogens (tertiary/aromatic N) is 1. The maximum absolute atomic E-state index is 13.2. The van der Waals surface area contributed by atoms with Crippen LogP contribution in [0.25, 0.3) is 0 Å². The molecule has 16 aliphatic heterocycles. The van der Waals surface area contributed by atoms with Gasteiger partial charge in [-0.3, -0.25) is 32.2 Å². The minimum atomic E-state index is -5.85. The fourth-order valence-corrected chi connectivity index (χ4v) is 21.3. The van der Waals surface area contributed by atoms with Crippen LogP contribution < -0.4 is 50.8 Å². The number of aliphatic hydroxyl groups excluding tert-OH is 14. The topological polar surface area (TPSA) is 946 Å². The van der Waals surface area contributed by atoms with Crippen LogP contribution in [0.3, 0.4) is 0 Å². The molecule has 0 spiro atoms. The smallest absolute Gasteiger partial charge is 0.371 e. The Labute approximate surface area is 796 Å². The van der Waals surface area contributed by atoms with Gasteiger partial charge in [0.25, 0.3) is 20.2 Å². The number of thiocarbonyl (C=S) groups is 3. The lowest BCUT2D eigenvalue weighted by Crippen LogP contribution is -2.72. The van der Waals surface area contributed by atoms with Gasteiger partial charge < -0.3 is 185 Å². The second-order valence-corrected chi connectivity index (χ2v) is 42.0. The molecule has 0 aliphatic carbocycles. The van der Waals surface area contributed by atoms with E-state index in [-0.39, 0.29) is 88.6 Å². The number of ether oxygens (including phenoxy) is 15. The number of carboxylic acids is 2. The summed E-state index contributed by atoms with van der Waals surface area (Å²) in [6.45, 7) is -3.66. The van der Waals surface area contributed by atoms with Crippen molar-refractivity contribution in [3.63, 3.8) is 0 Å². The predicted molar refractivity (Wildman–Crippen MR) is 455 cm³/mol. The lowest BCUT2D eigenvalue weighted by molar-refractivity contribution is -0.355. The zero-order valence-corrected chi connectivity index (χ0v) is 78.5. The lowest BCUT2D eigenvalue weighted by atomic mass is 9.84. The highest BCUT2D eigenvalue weighted by Crippen LogP contribution is 2.40. The Balaban J connectivity index is 0.841. The Bertz CT molecular complexity index is 4690. The second kappa shape index (κ2) is 49.3. The standard InChI is InChI=1S/C66H113N11O51S9/c78-18-29-49-43(86)47(90)60(122-29)114-13-3-1-5-23-27(120-62(126-49)45(88)38(23)81)16-70-64(129)67-7-10-77(11-8-68-65(130)71-17-28-24-6-2-4-14-115-61-48(91)44(87)50(30(19-79)123-61)127-63(121-28)46(89)39(24)82)12-9-69-66(131)72-55-36(75-136(108,109)110)41(84)52(33(118-55)22-133(99,100)101)125-59-37(76-137(111,112)113)42(85)53(54(128-59)57(94)95)116-20-31-35(74-135(105,106)107)40(83)51(32(117-31)21-132(96,97)98)124-58-34(73-134(102,103)104)25(80)15-26(119-58)56(92)93/h15,23-25,27-55,58-63,73-76,78-91H,1-14,16-22H2,(H,92,93)(H,94,95)(H2,67,70,129)(H2,68,71,130)(H2,69,72,131)(H,96,97,98)(H,99,100,101)(H,102,103,104)(H,105,106,107)(H,108,109,110)(H,111,112,113)/t23?,24?,25-,27?,28?,29?,30?,31-,32?,33?,34?,35?,36?,37?,38+,39+,40+,41+,42+,43-,44-,45?,46?,47?,48?,49?,50?,51-,52-,53+,54?,55-,58+,59-,60+,61+,62-,63-/m1/s1. The summed E-state index contributed by atoms with van der Waals surface area (Å²) >= 11 is 16.9. The molecule has 0 saturated carbocycles. The van der Waals surface area contributed by atoms with Crippen molar-refractivity contribution in [1.29, 1.82) is 0 Å². The summed E-state index contributed by atoms with van der Waals surface area (Å²) in [6, 6.07) is -10.3. The van der Waals surface area contributed by atoms with Gasteiger partial charge in [-0.05, 0) is 68.4 Å². The van der Waals surface area contributed by atoms with Gasteiger partial charge in [0.15, 0.2) is 52.9 Å². The van der Waals surface area contributed by atoms with Crippen molar-refractivity contribution in [3.8, 4) is 0 Å². The molecule has 8 bridgehead atoms. The SMILES string of the molecule is O=C(O)C1=C[C@@H](O)C(NS(=O)(=O)O)[C@H](O[C@@H]2C(CS(=O)(=O)O)O[C@H](CO[C@@H]3C(C(=O)O)O[C@@H](O[C@@H]4C(CS(=O)(=O)O)O[C@@H](NC(=S)NCCN(CCNC(=S)NCC5O[C@@H]6OC7C(CO)O[C@H](OCCCCC5[C@H](O)C6O)C(O)[C@H]7O)CCNC(=S)NCC5O[C@@H]6OC7C(CO)O[C@H](OCCCCC5[C@H](O)C6O)C(O)[C@H]7O)C(NS(=O)(=O)O)[C@@H]4O)C(NS(=O)(=O)O)[C@@H]3O)C(NS(=O)(=O)O)[C@@H]2O)O1. The van der Waals surface area contributed by atoms with E-state index in [0.29, 0.717) is 31.8 Å². The summed E-state index contributed by atoms with van der Waals surface area (Å²) in [5.74, 6) is -10.7. The molecule has 0 aromatic rings. The first-order chi connectivity index (χ1) is 63.9. The molecular weight excluding hydrogens is 2050 g/mol. The third-order valence-corrected chi connectivity index (χ3v) is 28.0. The Morgan fingerprint density at radius 1 is 0.416 bits per heavy atom. The van der Waals surface area contributed by atoms with Gasteiger partial charge in [0, 0.05) is 77.4 Å². The van der Waals surface area contributed by atoms with E-state index in [1.807, 2.05) is 0 Å². The number of aliphatic hydroxyl groups is 14. The summed E-state index contributed by atoms with van der Waals surface area (Å²) in [7, 11) is -33.7. The Morgan fingerprint density at radius 3 is 1.26 bits per heavy atom. The summed E-state index contributed by atoms with van der Waals surface area (Å²) in [5, 5.41) is 194. The summed E-state index contributed by atoms with van der Waals surface area (Å²) in [6.07, 6.45) is -61.8. The van der Waals surface area contributed by atoms with E-state index in [1.54, 1.807) is 9.62 Å². The van der Waals surface area contributed by atoms with Gasteiger partial charge in [0.1, 0.15) is 146 Å². The largest absolute Gasteiger partial charge is 0.479 e. The first kappa shape index (κ1) is 115. The monoisotopic (exact) mass is 2160 g/mol. The van der Waals surface area contributed by atoms with E-state index in [2.05, 4.69) is 31.9 Å². The first-order valence-electron chi connectivity index (χ1n) is 41.9. The Kier molecular flexibility index (Phi) is 41.2. The van der Waals surface area contributed by atoms with Crippen LogP contribution in [0.5, 0.6) is 0 Å². The van der Waals surface area contributed by atoms with Gasteiger partial charge in [0.2, 0.25) is 12.0 Å². The molecule has 792 valence electrons. The van der Waals surface area contributed by atoms with Crippen LogP contribution in [0.2, 0.25) is 0 Å². The molecule has 0 amide bonds. The van der Waals surface area contributed by atoms with Crippen LogP contribution in [-0.2, 0) is 142 Å². The van der Waals surface area contributed by atoms with Gasteiger partial charge in [-0.15, -0.1) is 0 Å². The molecule has 19 unspecified atom stereocenters. The Hall–Kier alpha value is -4.31. The van der Waals surface area contributed by atoms with Gasteiger partial charge >= 0.3 is 53.2 Å². The molecule has 137 heavy (non-hydrogen) atoms. The zero-order valence-electron chi connectivity index (χ0n) is 71.2. The first-order valence-corrected chi connectivity index (χ1v) is 52.1. The molecule has 62 nitrogen and oxygen atoms in total. The van der Waals surface area contributed by atoms with Crippen LogP contribution >= 0.6 is 36.7 Å². The van der Waals surface area contributed by atoms with E-state index < -0.39 is 348 Å². The molecule has 32 N–H and O–H groups in total. The summed E-state index contributed by atoms with van der Waals surface area (Å²) < 4.78 is 303. The van der Waals surface area contributed by atoms with Crippen LogP contribution in [-0.4, -0.2) is 509 Å². The molecule has 16 aliphatic rings. The molecule has 15 fully saturated rings. The van der Waals surface area contributed by atoms with Crippen molar-refractivity contribution in [2.45, 2.75) is 259 Å². The maximum Gasteiger partial charge on any atom is 0.371 e. The molecule has 15 saturated heterocycles. The quantitative estimate of drug-likeness (QED) is 0.0203. The van der Waals surface area contributed by atoms with Crippen molar-refractivity contribution < 1.29 is 240 Å². The van der Waals surface area contributed by atoms with E-state index >= 15 is 0 Å². The van der Waals surface area contributed by atoms with Gasteiger partial charge in [-0.25, -0.2) is 9.59 Å². The van der Waals surface area contributed by atoms with E-state index in [4.69, 9.17) is 108 Å². The van der Waals surface area contributed by atoms with Crippen molar-refractivity contribution in [2.75, 3.05) is 96.9 Å². The number of nitrogens with one attached hydrogen (secondary N) is 10. The average Bonchev–Trinajstić information content (AvgIpc) is 0.773. The fraction of sp³-hybridized carbons (Fsp3) is 0.894. The average molecular weight is 2170 g/mol. The molecule has 38 atom stereocenters. The van der Waals surface area contributed by atoms with Gasteiger partial charge in [-0.1, -0.05) is 12.8 Å². The van der Waals surface area contributed by atoms with E-state index in [0.717, 1.165) is 0 Å². The van der Waals surface area contributed by atoms with Gasteiger partial charge in [-0.2, -0.15) is 69.4 Å². The zero-order chi connectivity index (χ0) is 101. The highest BCUT2D eigenvalue weighted by molar-refractivity contribution is 7.86. The third kappa shape index (κ3) is 32.1. The number of carbonyl (C=O) groups is 2. The van der Waals surface area contributed by atoms with Gasteiger partial charge in [0.05, 0.1) is 62.4 Å². The third-order valence-electron chi connectivity index (χ3n) is 23.4. The Morgan fingerprint density at radius 2 is 0.818 bits per heavy atom. The van der Waals surface area contributed by atoms with Crippen molar-refractivity contribution in [2.24, 2.45) is 11.8 Å². The molecule has 16 rings (SSSR count). The number of carboxylic acid groups (broad SMARTS) is 2. The minimum Gasteiger partial charge on any atom is -0.479 e.